The van der Waals surface area contributed by atoms with E-state index < -0.39 is 0 Å². The minimum absolute atomic E-state index is 0.177. The third-order valence-corrected chi connectivity index (χ3v) is 3.78. The van der Waals surface area contributed by atoms with Crippen LogP contribution in [0.25, 0.3) is 0 Å². The van der Waals surface area contributed by atoms with Gasteiger partial charge in [0.2, 0.25) is 0 Å². The molecule has 2 nitrogen and oxygen atoms in total. The molecule has 0 N–H and O–H groups in total. The van der Waals surface area contributed by atoms with Gasteiger partial charge in [-0.05, 0) is 18.1 Å². The fourth-order valence-electron chi connectivity index (χ4n) is 2.56. The highest BCUT2D eigenvalue weighted by Gasteiger charge is 2.20. The average Bonchev–Trinajstić information content (AvgIpc) is 2.82. The zero-order valence-corrected chi connectivity index (χ0v) is 11.8. The summed E-state index contributed by atoms with van der Waals surface area (Å²) >= 11 is 0. The second-order valence-electron chi connectivity index (χ2n) is 5.07. The number of hydrogen-bond acceptors (Lipinski definition) is 1. The predicted octanol–water partition coefficient (Wildman–Crippen LogP) is 3.91. The van der Waals surface area contributed by atoms with Gasteiger partial charge in [0.25, 0.3) is 0 Å². The molecule has 0 fully saturated rings. The highest BCUT2D eigenvalue weighted by Crippen LogP contribution is 2.30. The largest absolute Gasteiger partial charge is 0.335 e. The molecule has 0 unspecified atom stereocenters. The molecule has 1 heterocycles. The number of nitrogens with zero attached hydrogens (tertiary/aromatic N) is 2. The van der Waals surface area contributed by atoms with Crippen LogP contribution in [0.15, 0.2) is 66.9 Å². The maximum Gasteiger partial charge on any atom is 0.120 e. The van der Waals surface area contributed by atoms with Crippen LogP contribution in [0.2, 0.25) is 0 Å². The molecule has 0 aliphatic rings. The van der Waals surface area contributed by atoms with Crippen LogP contribution in [0.4, 0.5) is 0 Å². The molecule has 20 heavy (non-hydrogen) atoms. The van der Waals surface area contributed by atoms with Gasteiger partial charge in [0.05, 0.1) is 5.92 Å². The molecule has 2 heteroatoms. The molecule has 0 saturated heterocycles. The first-order valence-corrected chi connectivity index (χ1v) is 6.85. The summed E-state index contributed by atoms with van der Waals surface area (Å²) in [5.41, 5.74) is 3.72. The zero-order chi connectivity index (χ0) is 13.9. The summed E-state index contributed by atoms with van der Waals surface area (Å²) in [6, 6.07) is 21.1. The first kappa shape index (κ1) is 12.7. The Hall–Kier alpha value is -2.35. The molecule has 3 aromatic rings. The summed E-state index contributed by atoms with van der Waals surface area (Å²) in [4.78, 5) is 4.63. The molecule has 2 aromatic carbocycles. The Bertz CT molecular complexity index is 644. The summed E-state index contributed by atoms with van der Waals surface area (Å²) in [6.07, 6.45) is 1.94. The number of rotatable bonds is 3. The molecule has 1 aromatic heterocycles. The predicted molar refractivity (Wildman–Crippen MR) is 81.8 cm³/mol. The van der Waals surface area contributed by atoms with Crippen molar-refractivity contribution in [2.24, 2.45) is 7.05 Å². The van der Waals surface area contributed by atoms with Gasteiger partial charge in [-0.15, -0.1) is 0 Å². The van der Waals surface area contributed by atoms with Crippen LogP contribution in [0.1, 0.15) is 28.6 Å². The van der Waals surface area contributed by atoms with Crippen LogP contribution in [0, 0.1) is 6.92 Å². The maximum atomic E-state index is 4.63. The number of imidazole rings is 1. The molecule has 0 aliphatic heterocycles. The second-order valence-corrected chi connectivity index (χ2v) is 5.07. The van der Waals surface area contributed by atoms with Gasteiger partial charge >= 0.3 is 0 Å². The Labute approximate surface area is 119 Å². The summed E-state index contributed by atoms with van der Waals surface area (Å²) in [7, 11) is 2.08. The van der Waals surface area contributed by atoms with Gasteiger partial charge in [-0.2, -0.15) is 0 Å². The van der Waals surface area contributed by atoms with E-state index in [1.54, 1.807) is 0 Å². The average molecular weight is 262 g/mol. The molecule has 0 saturated carbocycles. The van der Waals surface area contributed by atoms with Crippen molar-refractivity contribution in [1.29, 1.82) is 0 Å². The summed E-state index contributed by atoms with van der Waals surface area (Å²) in [6.45, 7) is 2.09. The minimum Gasteiger partial charge on any atom is -0.335 e. The van der Waals surface area contributed by atoms with Gasteiger partial charge in [-0.3, -0.25) is 0 Å². The molecular weight excluding hydrogens is 244 g/mol. The summed E-state index contributed by atoms with van der Waals surface area (Å²) in [5, 5.41) is 0. The van der Waals surface area contributed by atoms with Crippen LogP contribution < -0.4 is 0 Å². The van der Waals surface area contributed by atoms with Crippen molar-refractivity contribution in [2.45, 2.75) is 12.8 Å². The third kappa shape index (κ3) is 2.25. The van der Waals surface area contributed by atoms with E-state index >= 15 is 0 Å². The Morgan fingerprint density at radius 3 is 1.75 bits per heavy atom. The molecular formula is C18H18N2. The van der Waals surface area contributed by atoms with Crippen molar-refractivity contribution in [1.82, 2.24) is 9.55 Å². The molecule has 0 atom stereocenters. The highest BCUT2D eigenvalue weighted by molar-refractivity contribution is 5.38. The van der Waals surface area contributed by atoms with Crippen molar-refractivity contribution in [3.05, 3.63) is 89.5 Å². The van der Waals surface area contributed by atoms with E-state index in [1.807, 2.05) is 6.20 Å². The monoisotopic (exact) mass is 262 g/mol. The lowest BCUT2D eigenvalue weighted by Gasteiger charge is -2.18. The maximum absolute atomic E-state index is 4.63. The normalized spacial score (nSPS) is 10.9. The smallest absolute Gasteiger partial charge is 0.120 e. The van der Waals surface area contributed by atoms with Crippen molar-refractivity contribution < 1.29 is 0 Å². The Morgan fingerprint density at radius 1 is 0.850 bits per heavy atom. The van der Waals surface area contributed by atoms with Gasteiger partial charge in [0, 0.05) is 18.9 Å². The van der Waals surface area contributed by atoms with Crippen LogP contribution in [0.5, 0.6) is 0 Å². The lowest BCUT2D eigenvalue weighted by molar-refractivity contribution is 0.748. The van der Waals surface area contributed by atoms with Gasteiger partial charge in [0.15, 0.2) is 0 Å². The molecule has 0 spiro atoms. The van der Waals surface area contributed by atoms with E-state index in [4.69, 9.17) is 0 Å². The Morgan fingerprint density at radius 2 is 1.35 bits per heavy atom. The van der Waals surface area contributed by atoms with Crippen molar-refractivity contribution in [3.8, 4) is 0 Å². The van der Waals surface area contributed by atoms with Crippen LogP contribution >= 0.6 is 0 Å². The molecule has 3 rings (SSSR count). The van der Waals surface area contributed by atoms with E-state index in [9.17, 15) is 0 Å². The quantitative estimate of drug-likeness (QED) is 0.699. The fraction of sp³-hybridized carbons (Fsp3) is 0.167. The Balaban J connectivity index is 2.17. The standard InChI is InChI=1S/C18H18N2/c1-14-13-19-18(20(14)2)17(15-9-5-3-6-10-15)16-11-7-4-8-12-16/h3-13,17H,1-2H3. The third-order valence-electron chi connectivity index (χ3n) is 3.78. The van der Waals surface area contributed by atoms with Gasteiger partial charge < -0.3 is 4.57 Å². The van der Waals surface area contributed by atoms with E-state index in [2.05, 4.69) is 84.2 Å². The first-order chi connectivity index (χ1) is 9.77. The zero-order valence-electron chi connectivity index (χ0n) is 11.8. The first-order valence-electron chi connectivity index (χ1n) is 6.85. The SMILES string of the molecule is Cc1cnc(C(c2ccccc2)c2ccccc2)n1C. The van der Waals surface area contributed by atoms with E-state index in [0.717, 1.165) is 5.82 Å². The number of hydrogen-bond donors (Lipinski definition) is 0. The highest BCUT2D eigenvalue weighted by atomic mass is 15.1. The van der Waals surface area contributed by atoms with Crippen LogP contribution in [-0.2, 0) is 7.05 Å². The lowest BCUT2D eigenvalue weighted by Crippen LogP contribution is -2.10. The van der Waals surface area contributed by atoms with Crippen LogP contribution in [-0.4, -0.2) is 9.55 Å². The summed E-state index contributed by atoms with van der Waals surface area (Å²) < 4.78 is 2.17. The molecule has 0 amide bonds. The number of benzene rings is 2. The molecule has 0 aliphatic carbocycles. The lowest BCUT2D eigenvalue weighted by atomic mass is 9.90. The van der Waals surface area contributed by atoms with Gasteiger partial charge in [0.1, 0.15) is 5.82 Å². The van der Waals surface area contributed by atoms with Gasteiger partial charge in [-0.1, -0.05) is 60.7 Å². The fourth-order valence-corrected chi connectivity index (χ4v) is 2.56. The van der Waals surface area contributed by atoms with Crippen molar-refractivity contribution in [2.75, 3.05) is 0 Å². The van der Waals surface area contributed by atoms with Crippen LogP contribution in [0.3, 0.4) is 0 Å². The number of aromatic nitrogens is 2. The molecule has 100 valence electrons. The van der Waals surface area contributed by atoms with E-state index in [0.29, 0.717) is 0 Å². The van der Waals surface area contributed by atoms with E-state index in [1.165, 1.54) is 16.8 Å². The minimum atomic E-state index is 0.177. The molecule has 0 radical (unpaired) electrons. The second kappa shape index (κ2) is 5.33. The molecule has 0 bridgehead atoms. The number of aryl methyl sites for hydroxylation is 1. The Kier molecular flexibility index (Phi) is 3.38. The van der Waals surface area contributed by atoms with E-state index in [-0.39, 0.29) is 5.92 Å². The van der Waals surface area contributed by atoms with Crippen molar-refractivity contribution in [3.63, 3.8) is 0 Å². The van der Waals surface area contributed by atoms with Gasteiger partial charge in [-0.25, -0.2) is 4.98 Å². The topological polar surface area (TPSA) is 17.8 Å². The van der Waals surface area contributed by atoms with Crippen molar-refractivity contribution >= 4 is 0 Å². The summed E-state index contributed by atoms with van der Waals surface area (Å²) in [5.74, 6) is 1.26.